The van der Waals surface area contributed by atoms with Gasteiger partial charge in [0.25, 0.3) is 5.56 Å². The molecular formula is C17H14F2N4O2S. The van der Waals surface area contributed by atoms with Gasteiger partial charge in [0.2, 0.25) is 5.91 Å². The second-order valence-corrected chi connectivity index (χ2v) is 6.45. The number of hydrogen-bond donors (Lipinski definition) is 2. The molecule has 0 aliphatic rings. The van der Waals surface area contributed by atoms with E-state index in [0.717, 1.165) is 21.7 Å². The SMILES string of the molecule is C[C@H](C(=O)Nc1ccc(F)c(F)c1)n1nc(-c2cccs2)cc(N)c1=O. The molecule has 1 aromatic carbocycles. The Morgan fingerprint density at radius 3 is 2.69 bits per heavy atom. The highest BCUT2D eigenvalue weighted by Crippen LogP contribution is 2.23. The van der Waals surface area contributed by atoms with Gasteiger partial charge in [0.1, 0.15) is 17.4 Å². The van der Waals surface area contributed by atoms with Crippen LogP contribution >= 0.6 is 11.3 Å². The maximum absolute atomic E-state index is 13.3. The minimum Gasteiger partial charge on any atom is -0.394 e. The Balaban J connectivity index is 1.91. The van der Waals surface area contributed by atoms with Crippen molar-refractivity contribution in [1.29, 1.82) is 0 Å². The van der Waals surface area contributed by atoms with Crippen molar-refractivity contribution in [2.24, 2.45) is 0 Å². The molecule has 2 aromatic heterocycles. The molecule has 0 unspecified atom stereocenters. The molecule has 3 aromatic rings. The van der Waals surface area contributed by atoms with Crippen molar-refractivity contribution in [3.05, 3.63) is 63.8 Å². The molecule has 0 aliphatic heterocycles. The first kappa shape index (κ1) is 17.7. The summed E-state index contributed by atoms with van der Waals surface area (Å²) in [6.45, 7) is 1.46. The van der Waals surface area contributed by atoms with E-state index in [1.165, 1.54) is 30.4 Å². The number of halogens is 2. The normalized spacial score (nSPS) is 12.0. The molecule has 1 atom stereocenters. The molecule has 0 aliphatic carbocycles. The number of aromatic nitrogens is 2. The monoisotopic (exact) mass is 376 g/mol. The lowest BCUT2D eigenvalue weighted by atomic mass is 10.2. The maximum atomic E-state index is 13.3. The number of nitrogen functional groups attached to an aromatic ring is 1. The third kappa shape index (κ3) is 3.47. The van der Waals surface area contributed by atoms with E-state index < -0.39 is 29.1 Å². The molecule has 2 heterocycles. The van der Waals surface area contributed by atoms with Gasteiger partial charge in [-0.1, -0.05) is 6.07 Å². The summed E-state index contributed by atoms with van der Waals surface area (Å²) in [5, 5.41) is 8.48. The molecule has 6 nitrogen and oxygen atoms in total. The molecule has 26 heavy (non-hydrogen) atoms. The molecule has 0 spiro atoms. The zero-order valence-electron chi connectivity index (χ0n) is 13.6. The standard InChI is InChI=1S/C17H14F2N4O2S/c1-9(16(24)21-10-4-5-11(18)12(19)7-10)23-17(25)13(20)8-14(22-23)15-3-2-6-26-15/h2-9H,20H2,1H3,(H,21,24)/t9-/m1/s1. The summed E-state index contributed by atoms with van der Waals surface area (Å²) in [5.74, 6) is -2.73. The van der Waals surface area contributed by atoms with Gasteiger partial charge in [-0.15, -0.1) is 11.3 Å². The summed E-state index contributed by atoms with van der Waals surface area (Å²) >= 11 is 1.41. The number of nitrogens with one attached hydrogen (secondary N) is 1. The predicted molar refractivity (Wildman–Crippen MR) is 95.9 cm³/mol. The Bertz CT molecular complexity index is 1020. The average Bonchev–Trinajstić information content (AvgIpc) is 3.14. The fourth-order valence-electron chi connectivity index (χ4n) is 2.27. The number of anilines is 2. The largest absolute Gasteiger partial charge is 0.394 e. The molecule has 0 saturated carbocycles. The quantitative estimate of drug-likeness (QED) is 0.732. The van der Waals surface area contributed by atoms with Gasteiger partial charge in [0.15, 0.2) is 11.6 Å². The van der Waals surface area contributed by atoms with Crippen LogP contribution in [0.15, 0.2) is 46.6 Å². The van der Waals surface area contributed by atoms with E-state index in [4.69, 9.17) is 5.73 Å². The van der Waals surface area contributed by atoms with Crippen LogP contribution in [-0.4, -0.2) is 15.7 Å². The summed E-state index contributed by atoms with van der Waals surface area (Å²) < 4.78 is 27.2. The highest BCUT2D eigenvalue weighted by Gasteiger charge is 2.20. The van der Waals surface area contributed by atoms with Gasteiger partial charge >= 0.3 is 0 Å². The molecule has 134 valence electrons. The number of nitrogens with two attached hydrogens (primary N) is 1. The van der Waals surface area contributed by atoms with Crippen LogP contribution in [0.2, 0.25) is 0 Å². The number of benzene rings is 1. The fraction of sp³-hybridized carbons (Fsp3) is 0.118. The second-order valence-electron chi connectivity index (χ2n) is 5.51. The number of carbonyl (C=O) groups is 1. The van der Waals surface area contributed by atoms with Crippen LogP contribution in [0.3, 0.4) is 0 Å². The number of rotatable bonds is 4. The zero-order chi connectivity index (χ0) is 18.8. The third-order valence-electron chi connectivity index (χ3n) is 3.67. The summed E-state index contributed by atoms with van der Waals surface area (Å²) in [7, 11) is 0. The number of hydrogen-bond acceptors (Lipinski definition) is 5. The first-order chi connectivity index (χ1) is 12.4. The molecule has 0 radical (unpaired) electrons. The Hall–Kier alpha value is -3.07. The smallest absolute Gasteiger partial charge is 0.290 e. The fourth-order valence-corrected chi connectivity index (χ4v) is 2.95. The summed E-state index contributed by atoms with van der Waals surface area (Å²) in [5.41, 5.74) is 5.63. The Labute approximate surface area is 150 Å². The Kier molecular flexibility index (Phi) is 4.81. The number of thiophene rings is 1. The van der Waals surface area contributed by atoms with Gasteiger partial charge in [0.05, 0.1) is 4.88 Å². The van der Waals surface area contributed by atoms with Crippen LogP contribution < -0.4 is 16.6 Å². The first-order valence-electron chi connectivity index (χ1n) is 7.56. The average molecular weight is 376 g/mol. The van der Waals surface area contributed by atoms with Crippen LogP contribution in [0.1, 0.15) is 13.0 Å². The van der Waals surface area contributed by atoms with Gasteiger partial charge in [-0.25, -0.2) is 13.5 Å². The number of amides is 1. The van der Waals surface area contributed by atoms with Crippen molar-refractivity contribution >= 4 is 28.6 Å². The molecular weight excluding hydrogens is 362 g/mol. The molecule has 9 heteroatoms. The molecule has 0 fully saturated rings. The van der Waals surface area contributed by atoms with Crippen molar-refractivity contribution in [2.45, 2.75) is 13.0 Å². The maximum Gasteiger partial charge on any atom is 0.290 e. The minimum absolute atomic E-state index is 0.0455. The van der Waals surface area contributed by atoms with Crippen LogP contribution in [0.5, 0.6) is 0 Å². The van der Waals surface area contributed by atoms with Crippen molar-refractivity contribution in [3.63, 3.8) is 0 Å². The third-order valence-corrected chi connectivity index (χ3v) is 4.56. The first-order valence-corrected chi connectivity index (χ1v) is 8.44. The minimum atomic E-state index is -1.09. The van der Waals surface area contributed by atoms with Crippen molar-refractivity contribution in [2.75, 3.05) is 11.1 Å². The van der Waals surface area contributed by atoms with Gasteiger partial charge in [-0.3, -0.25) is 9.59 Å². The van der Waals surface area contributed by atoms with Gasteiger partial charge in [-0.05, 0) is 36.6 Å². The van der Waals surface area contributed by atoms with Crippen molar-refractivity contribution in [1.82, 2.24) is 9.78 Å². The lowest BCUT2D eigenvalue weighted by molar-refractivity contribution is -0.119. The molecule has 1 amide bonds. The molecule has 3 rings (SSSR count). The lowest BCUT2D eigenvalue weighted by Gasteiger charge is -2.15. The van der Waals surface area contributed by atoms with Gasteiger partial charge < -0.3 is 11.1 Å². The van der Waals surface area contributed by atoms with E-state index in [1.807, 2.05) is 17.5 Å². The highest BCUT2D eigenvalue weighted by molar-refractivity contribution is 7.13. The van der Waals surface area contributed by atoms with E-state index in [9.17, 15) is 18.4 Å². The van der Waals surface area contributed by atoms with E-state index in [1.54, 1.807) is 0 Å². The summed E-state index contributed by atoms with van der Waals surface area (Å²) in [4.78, 5) is 25.5. The second kappa shape index (κ2) is 7.04. The van der Waals surface area contributed by atoms with E-state index in [0.29, 0.717) is 5.69 Å². The van der Waals surface area contributed by atoms with Gasteiger partial charge in [-0.2, -0.15) is 5.10 Å². The Morgan fingerprint density at radius 2 is 2.04 bits per heavy atom. The van der Waals surface area contributed by atoms with E-state index >= 15 is 0 Å². The van der Waals surface area contributed by atoms with Crippen molar-refractivity contribution < 1.29 is 13.6 Å². The summed E-state index contributed by atoms with van der Waals surface area (Å²) in [6, 6.07) is 7.04. The Morgan fingerprint density at radius 1 is 1.27 bits per heavy atom. The van der Waals surface area contributed by atoms with Crippen molar-refractivity contribution in [3.8, 4) is 10.6 Å². The van der Waals surface area contributed by atoms with Crippen LogP contribution in [0.4, 0.5) is 20.2 Å². The molecule has 3 N–H and O–H groups in total. The lowest BCUT2D eigenvalue weighted by Crippen LogP contribution is -2.34. The zero-order valence-corrected chi connectivity index (χ0v) is 14.4. The molecule has 0 bridgehead atoms. The van der Waals surface area contributed by atoms with Crippen LogP contribution in [0, 0.1) is 11.6 Å². The van der Waals surface area contributed by atoms with Crippen LogP contribution in [-0.2, 0) is 4.79 Å². The molecule has 0 saturated heterocycles. The number of carbonyl (C=O) groups excluding carboxylic acids is 1. The predicted octanol–water partition coefficient (Wildman–Crippen LogP) is 3.03. The number of nitrogens with zero attached hydrogens (tertiary/aromatic N) is 2. The van der Waals surface area contributed by atoms with Crippen LogP contribution in [0.25, 0.3) is 10.6 Å². The van der Waals surface area contributed by atoms with E-state index in [2.05, 4.69) is 10.4 Å². The topological polar surface area (TPSA) is 90.0 Å². The highest BCUT2D eigenvalue weighted by atomic mass is 32.1. The van der Waals surface area contributed by atoms with Gasteiger partial charge in [0, 0.05) is 11.8 Å². The van der Waals surface area contributed by atoms with E-state index in [-0.39, 0.29) is 11.4 Å². The summed E-state index contributed by atoms with van der Waals surface area (Å²) in [6.07, 6.45) is 0.